The lowest BCUT2D eigenvalue weighted by Gasteiger charge is -2.22. The predicted octanol–water partition coefficient (Wildman–Crippen LogP) is 2.72. The van der Waals surface area contributed by atoms with Crippen molar-refractivity contribution in [1.82, 2.24) is 14.8 Å². The normalized spacial score (nSPS) is 14.8. The van der Waals surface area contributed by atoms with Crippen molar-refractivity contribution in [2.75, 3.05) is 32.4 Å². The van der Waals surface area contributed by atoms with Crippen LogP contribution in [0.15, 0.2) is 53.7 Å². The van der Waals surface area contributed by atoms with Crippen molar-refractivity contribution in [3.63, 3.8) is 0 Å². The first-order valence-electron chi connectivity index (χ1n) is 8.77. The molecule has 0 aliphatic carbocycles. The van der Waals surface area contributed by atoms with Gasteiger partial charge in [0.25, 0.3) is 5.91 Å². The summed E-state index contributed by atoms with van der Waals surface area (Å²) in [6, 6.07) is 11.7. The van der Waals surface area contributed by atoms with Gasteiger partial charge >= 0.3 is 0 Å². The summed E-state index contributed by atoms with van der Waals surface area (Å²) in [7, 11) is 0. The number of hydrogen-bond donors (Lipinski definition) is 0. The van der Waals surface area contributed by atoms with Gasteiger partial charge in [-0.05, 0) is 42.5 Å². The molecule has 1 saturated heterocycles. The van der Waals surface area contributed by atoms with Crippen molar-refractivity contribution < 1.29 is 9.59 Å². The molecule has 1 fully saturated rings. The summed E-state index contributed by atoms with van der Waals surface area (Å²) in [5.41, 5.74) is 1.63. The predicted molar refractivity (Wildman–Crippen MR) is 103 cm³/mol. The minimum Gasteiger partial charge on any atom is -0.341 e. The molecule has 26 heavy (non-hydrogen) atoms. The second-order valence-corrected chi connectivity index (χ2v) is 7.17. The van der Waals surface area contributed by atoms with E-state index >= 15 is 0 Å². The number of hydrogen-bond acceptors (Lipinski definition) is 4. The molecule has 2 amide bonds. The molecule has 136 valence electrons. The quantitative estimate of drug-likeness (QED) is 0.778. The third-order valence-corrected chi connectivity index (χ3v) is 5.30. The van der Waals surface area contributed by atoms with E-state index in [-0.39, 0.29) is 11.8 Å². The lowest BCUT2D eigenvalue weighted by molar-refractivity contribution is -0.130. The van der Waals surface area contributed by atoms with Crippen LogP contribution in [-0.4, -0.2) is 59.0 Å². The number of carbonyl (C=O) groups excluding carboxylic acids is 2. The number of carbonyl (C=O) groups is 2. The number of nitrogens with zero attached hydrogens (tertiary/aromatic N) is 3. The van der Waals surface area contributed by atoms with E-state index in [1.807, 2.05) is 40.3 Å². The zero-order chi connectivity index (χ0) is 18.4. The van der Waals surface area contributed by atoms with Crippen LogP contribution in [0.25, 0.3) is 0 Å². The monoisotopic (exact) mass is 369 g/mol. The molecule has 1 aliphatic heterocycles. The Morgan fingerprint density at radius 3 is 2.46 bits per heavy atom. The van der Waals surface area contributed by atoms with E-state index in [0.717, 1.165) is 12.0 Å². The Balaban J connectivity index is 1.57. The second kappa shape index (κ2) is 8.85. The van der Waals surface area contributed by atoms with Crippen LogP contribution in [0.2, 0.25) is 0 Å². The van der Waals surface area contributed by atoms with Crippen molar-refractivity contribution in [2.24, 2.45) is 0 Å². The molecule has 1 aliphatic rings. The average molecular weight is 369 g/mol. The minimum absolute atomic E-state index is 0.0138. The SMILES string of the molecule is CSc1ccc(CC(=O)N2CCCN(C(=O)c3cccnc3)CC2)cc1. The van der Waals surface area contributed by atoms with Crippen LogP contribution in [-0.2, 0) is 11.2 Å². The number of amides is 2. The highest BCUT2D eigenvalue weighted by Crippen LogP contribution is 2.16. The van der Waals surface area contributed by atoms with E-state index in [9.17, 15) is 9.59 Å². The van der Waals surface area contributed by atoms with Gasteiger partial charge in [0.2, 0.25) is 5.91 Å². The van der Waals surface area contributed by atoms with Gasteiger partial charge in [0.1, 0.15) is 0 Å². The van der Waals surface area contributed by atoms with E-state index in [1.54, 1.807) is 36.3 Å². The Hall–Kier alpha value is -2.34. The van der Waals surface area contributed by atoms with Crippen molar-refractivity contribution in [3.8, 4) is 0 Å². The molecule has 6 heteroatoms. The van der Waals surface area contributed by atoms with Gasteiger partial charge in [-0.3, -0.25) is 14.6 Å². The molecular weight excluding hydrogens is 346 g/mol. The fourth-order valence-corrected chi connectivity index (χ4v) is 3.48. The molecule has 0 unspecified atom stereocenters. The maximum atomic E-state index is 12.6. The Morgan fingerprint density at radius 2 is 1.77 bits per heavy atom. The maximum Gasteiger partial charge on any atom is 0.255 e. The summed E-state index contributed by atoms with van der Waals surface area (Å²) in [5.74, 6) is 0.109. The van der Waals surface area contributed by atoms with Crippen LogP contribution in [0.5, 0.6) is 0 Å². The lowest BCUT2D eigenvalue weighted by atomic mass is 10.1. The van der Waals surface area contributed by atoms with Gasteiger partial charge in [0.15, 0.2) is 0 Å². The average Bonchev–Trinajstić information content (AvgIpc) is 2.95. The molecule has 1 aromatic heterocycles. The van der Waals surface area contributed by atoms with E-state index in [2.05, 4.69) is 4.98 Å². The van der Waals surface area contributed by atoms with E-state index < -0.39 is 0 Å². The number of pyridine rings is 1. The van der Waals surface area contributed by atoms with Crippen LogP contribution in [0.3, 0.4) is 0 Å². The first-order valence-corrected chi connectivity index (χ1v) is 10.00. The van der Waals surface area contributed by atoms with Gasteiger partial charge in [0.05, 0.1) is 12.0 Å². The minimum atomic E-state index is -0.0138. The smallest absolute Gasteiger partial charge is 0.255 e. The Labute approximate surface area is 158 Å². The molecule has 5 nitrogen and oxygen atoms in total. The Kier molecular flexibility index (Phi) is 6.28. The van der Waals surface area contributed by atoms with Crippen LogP contribution in [0.1, 0.15) is 22.3 Å². The zero-order valence-electron chi connectivity index (χ0n) is 14.9. The standard InChI is InChI=1S/C20H23N3O2S/c1-26-18-7-5-16(6-8-18)14-19(24)22-10-3-11-23(13-12-22)20(25)17-4-2-9-21-15-17/h2,4-9,15H,3,10-14H2,1H3. The van der Waals surface area contributed by atoms with Crippen molar-refractivity contribution in [2.45, 2.75) is 17.7 Å². The maximum absolute atomic E-state index is 12.6. The van der Waals surface area contributed by atoms with E-state index in [0.29, 0.717) is 38.2 Å². The van der Waals surface area contributed by atoms with Gasteiger partial charge in [-0.15, -0.1) is 11.8 Å². The van der Waals surface area contributed by atoms with Crippen LogP contribution in [0, 0.1) is 0 Å². The van der Waals surface area contributed by atoms with Gasteiger partial charge in [0, 0.05) is 43.5 Å². The van der Waals surface area contributed by atoms with Crippen molar-refractivity contribution >= 4 is 23.6 Å². The summed E-state index contributed by atoms with van der Waals surface area (Å²) < 4.78 is 0. The molecule has 2 aromatic rings. The molecule has 0 N–H and O–H groups in total. The summed E-state index contributed by atoms with van der Waals surface area (Å²) >= 11 is 1.69. The Morgan fingerprint density at radius 1 is 1.04 bits per heavy atom. The fraction of sp³-hybridized carbons (Fsp3) is 0.350. The number of aromatic nitrogens is 1. The van der Waals surface area contributed by atoms with Crippen LogP contribution < -0.4 is 0 Å². The fourth-order valence-electron chi connectivity index (χ4n) is 3.07. The number of benzene rings is 1. The lowest BCUT2D eigenvalue weighted by Crippen LogP contribution is -2.38. The van der Waals surface area contributed by atoms with Gasteiger partial charge in [-0.25, -0.2) is 0 Å². The van der Waals surface area contributed by atoms with E-state index in [4.69, 9.17) is 0 Å². The molecule has 0 saturated carbocycles. The molecule has 3 rings (SSSR count). The van der Waals surface area contributed by atoms with Gasteiger partial charge in [-0.2, -0.15) is 0 Å². The highest BCUT2D eigenvalue weighted by Gasteiger charge is 2.22. The molecule has 1 aromatic carbocycles. The van der Waals surface area contributed by atoms with Crippen LogP contribution >= 0.6 is 11.8 Å². The molecular formula is C20H23N3O2S. The van der Waals surface area contributed by atoms with Gasteiger partial charge < -0.3 is 9.80 Å². The first-order chi connectivity index (χ1) is 12.7. The second-order valence-electron chi connectivity index (χ2n) is 6.29. The third kappa shape index (κ3) is 4.64. The Bertz CT molecular complexity index is 749. The van der Waals surface area contributed by atoms with E-state index in [1.165, 1.54) is 4.90 Å². The highest BCUT2D eigenvalue weighted by molar-refractivity contribution is 7.98. The largest absolute Gasteiger partial charge is 0.341 e. The first kappa shape index (κ1) is 18.5. The molecule has 0 bridgehead atoms. The molecule has 0 radical (unpaired) electrons. The van der Waals surface area contributed by atoms with Gasteiger partial charge in [-0.1, -0.05) is 12.1 Å². The molecule has 2 heterocycles. The van der Waals surface area contributed by atoms with Crippen molar-refractivity contribution in [1.29, 1.82) is 0 Å². The molecule has 0 atom stereocenters. The third-order valence-electron chi connectivity index (χ3n) is 4.56. The van der Waals surface area contributed by atoms with Crippen LogP contribution in [0.4, 0.5) is 0 Å². The zero-order valence-corrected chi connectivity index (χ0v) is 15.7. The topological polar surface area (TPSA) is 53.5 Å². The number of rotatable bonds is 4. The van der Waals surface area contributed by atoms with Crippen molar-refractivity contribution in [3.05, 3.63) is 59.9 Å². The summed E-state index contributed by atoms with van der Waals surface area (Å²) in [6.07, 6.45) is 6.49. The molecule has 0 spiro atoms. The number of thioether (sulfide) groups is 1. The summed E-state index contributed by atoms with van der Waals surface area (Å²) in [5, 5.41) is 0. The summed E-state index contributed by atoms with van der Waals surface area (Å²) in [4.78, 5) is 34.1. The summed E-state index contributed by atoms with van der Waals surface area (Å²) in [6.45, 7) is 2.50. The highest BCUT2D eigenvalue weighted by atomic mass is 32.2.